The minimum Gasteiger partial charge on any atom is -0.327 e. The molecule has 0 bridgehead atoms. The summed E-state index contributed by atoms with van der Waals surface area (Å²) in [7, 11) is 0. The maximum Gasteiger partial charge on any atom is 0.131 e. The fraction of sp³-hybridized carbons (Fsp3) is 0.750. The Bertz CT molecular complexity index is 391. The Balaban J connectivity index is 2.05. The van der Waals surface area contributed by atoms with Gasteiger partial charge in [-0.15, -0.1) is 0 Å². The molecule has 1 saturated carbocycles. The number of nitrogens with two attached hydrogens (primary N) is 1. The van der Waals surface area contributed by atoms with Gasteiger partial charge in [-0.05, 0) is 31.2 Å². The second kappa shape index (κ2) is 6.99. The molecular formula is C16H27N3. The van der Waals surface area contributed by atoms with E-state index in [-0.39, 0.29) is 6.04 Å². The lowest BCUT2D eigenvalue weighted by atomic mass is 9.80. The van der Waals surface area contributed by atoms with Crippen molar-refractivity contribution in [2.24, 2.45) is 11.7 Å². The molecule has 3 unspecified atom stereocenters. The molecule has 1 aromatic heterocycles. The van der Waals surface area contributed by atoms with Crippen LogP contribution in [0, 0.1) is 5.92 Å². The zero-order valence-corrected chi connectivity index (χ0v) is 12.3. The van der Waals surface area contributed by atoms with Crippen LogP contribution in [0.1, 0.15) is 69.8 Å². The highest BCUT2D eigenvalue weighted by molar-refractivity contribution is 5.08. The molecule has 0 aromatic carbocycles. The van der Waals surface area contributed by atoms with Gasteiger partial charge in [-0.3, -0.25) is 0 Å². The first-order valence-electron chi connectivity index (χ1n) is 7.80. The Kier molecular flexibility index (Phi) is 5.32. The van der Waals surface area contributed by atoms with Crippen molar-refractivity contribution in [2.75, 3.05) is 0 Å². The zero-order valence-electron chi connectivity index (χ0n) is 12.3. The third-order valence-corrected chi connectivity index (χ3v) is 4.45. The van der Waals surface area contributed by atoms with Crippen LogP contribution >= 0.6 is 0 Å². The number of hydrogen-bond acceptors (Lipinski definition) is 3. The minimum atomic E-state index is 0.220. The smallest absolute Gasteiger partial charge is 0.131 e. The summed E-state index contributed by atoms with van der Waals surface area (Å²) in [4.78, 5) is 9.27. The maximum absolute atomic E-state index is 6.02. The van der Waals surface area contributed by atoms with Gasteiger partial charge in [0.05, 0.1) is 0 Å². The van der Waals surface area contributed by atoms with E-state index in [4.69, 9.17) is 10.7 Å². The van der Waals surface area contributed by atoms with Crippen LogP contribution < -0.4 is 5.73 Å². The van der Waals surface area contributed by atoms with Crippen LogP contribution in [0.25, 0.3) is 0 Å². The van der Waals surface area contributed by atoms with Crippen LogP contribution in [0.5, 0.6) is 0 Å². The molecule has 1 aromatic rings. The fourth-order valence-electron chi connectivity index (χ4n) is 3.03. The molecule has 0 amide bonds. The van der Waals surface area contributed by atoms with Crippen molar-refractivity contribution in [3.63, 3.8) is 0 Å². The van der Waals surface area contributed by atoms with Crippen molar-refractivity contribution in [3.8, 4) is 0 Å². The molecular weight excluding hydrogens is 234 g/mol. The Morgan fingerprint density at radius 2 is 2.21 bits per heavy atom. The van der Waals surface area contributed by atoms with E-state index >= 15 is 0 Å². The highest BCUT2D eigenvalue weighted by atomic mass is 14.9. The quantitative estimate of drug-likeness (QED) is 0.883. The predicted octanol–water partition coefficient (Wildman–Crippen LogP) is 3.44. The second-order valence-corrected chi connectivity index (χ2v) is 5.92. The molecule has 2 N–H and O–H groups in total. The summed E-state index contributed by atoms with van der Waals surface area (Å²) in [5.74, 6) is 2.49. The van der Waals surface area contributed by atoms with Gasteiger partial charge in [0.25, 0.3) is 0 Å². The molecule has 1 heterocycles. The molecule has 1 fully saturated rings. The summed E-state index contributed by atoms with van der Waals surface area (Å²) in [6, 6.07) is 2.23. The van der Waals surface area contributed by atoms with Gasteiger partial charge in [0.1, 0.15) is 5.82 Å². The van der Waals surface area contributed by atoms with Gasteiger partial charge in [-0.25, -0.2) is 9.97 Å². The molecule has 3 atom stereocenters. The van der Waals surface area contributed by atoms with Crippen molar-refractivity contribution in [1.82, 2.24) is 9.97 Å². The highest BCUT2D eigenvalue weighted by Crippen LogP contribution is 2.35. The zero-order chi connectivity index (χ0) is 13.7. The van der Waals surface area contributed by atoms with E-state index in [1.54, 1.807) is 0 Å². The van der Waals surface area contributed by atoms with Crippen LogP contribution in [0.15, 0.2) is 12.3 Å². The van der Waals surface area contributed by atoms with Crippen LogP contribution in [-0.4, -0.2) is 16.0 Å². The second-order valence-electron chi connectivity index (χ2n) is 5.92. The average molecular weight is 261 g/mol. The van der Waals surface area contributed by atoms with Gasteiger partial charge in [0, 0.05) is 30.3 Å². The summed E-state index contributed by atoms with van der Waals surface area (Å²) in [6.07, 6.45) is 10.3. The molecule has 3 heteroatoms. The average Bonchev–Trinajstić information content (AvgIpc) is 2.47. The van der Waals surface area contributed by atoms with Crippen LogP contribution in [-0.2, 0) is 6.42 Å². The van der Waals surface area contributed by atoms with Crippen molar-refractivity contribution < 1.29 is 0 Å². The molecule has 0 aliphatic heterocycles. The number of hydrogen-bond donors (Lipinski definition) is 1. The van der Waals surface area contributed by atoms with Gasteiger partial charge in [0.2, 0.25) is 0 Å². The highest BCUT2D eigenvalue weighted by Gasteiger charge is 2.24. The Labute approximate surface area is 117 Å². The lowest BCUT2D eigenvalue weighted by Crippen LogP contribution is -2.23. The van der Waals surface area contributed by atoms with Crippen molar-refractivity contribution in [2.45, 2.75) is 70.8 Å². The molecule has 3 nitrogen and oxygen atoms in total. The van der Waals surface area contributed by atoms with Crippen LogP contribution in [0.3, 0.4) is 0 Å². The summed E-state index contributed by atoms with van der Waals surface area (Å²) in [5.41, 5.74) is 7.13. The minimum absolute atomic E-state index is 0.220. The molecule has 106 valence electrons. The van der Waals surface area contributed by atoms with Crippen LogP contribution in [0.2, 0.25) is 0 Å². The van der Waals surface area contributed by atoms with E-state index in [1.165, 1.54) is 32.1 Å². The molecule has 0 spiro atoms. The number of rotatable bonds is 5. The van der Waals surface area contributed by atoms with Crippen LogP contribution in [0.4, 0.5) is 0 Å². The largest absolute Gasteiger partial charge is 0.327 e. The standard InChI is InChI=1S/C16H27N3/c1-3-12-6-5-7-13(10-12)16-18-9-8-15(19-16)11-14(17)4-2/h8-9,12-14H,3-7,10-11,17H2,1-2H3. The van der Waals surface area contributed by atoms with Gasteiger partial charge < -0.3 is 5.73 Å². The monoisotopic (exact) mass is 261 g/mol. The van der Waals surface area contributed by atoms with Crippen molar-refractivity contribution in [3.05, 3.63) is 23.8 Å². The van der Waals surface area contributed by atoms with Crippen molar-refractivity contribution in [1.29, 1.82) is 0 Å². The third-order valence-electron chi connectivity index (χ3n) is 4.45. The van der Waals surface area contributed by atoms with E-state index in [1.807, 2.05) is 12.3 Å². The molecule has 1 aliphatic carbocycles. The predicted molar refractivity (Wildman–Crippen MR) is 79.0 cm³/mol. The summed E-state index contributed by atoms with van der Waals surface area (Å²) in [5, 5.41) is 0. The normalized spacial score (nSPS) is 25.2. The first-order valence-corrected chi connectivity index (χ1v) is 7.80. The topological polar surface area (TPSA) is 51.8 Å². The van der Waals surface area contributed by atoms with Crippen molar-refractivity contribution >= 4 is 0 Å². The lowest BCUT2D eigenvalue weighted by molar-refractivity contribution is 0.306. The molecule has 19 heavy (non-hydrogen) atoms. The van der Waals surface area contributed by atoms with E-state index < -0.39 is 0 Å². The van der Waals surface area contributed by atoms with E-state index in [9.17, 15) is 0 Å². The Morgan fingerprint density at radius 1 is 1.37 bits per heavy atom. The van der Waals surface area contributed by atoms with Gasteiger partial charge in [0.15, 0.2) is 0 Å². The third kappa shape index (κ3) is 4.00. The fourth-order valence-corrected chi connectivity index (χ4v) is 3.03. The maximum atomic E-state index is 6.02. The Morgan fingerprint density at radius 3 is 2.95 bits per heavy atom. The van der Waals surface area contributed by atoms with E-state index in [2.05, 4.69) is 18.8 Å². The number of aromatic nitrogens is 2. The van der Waals surface area contributed by atoms with E-state index in [0.29, 0.717) is 5.92 Å². The molecule has 0 radical (unpaired) electrons. The molecule has 1 aliphatic rings. The summed E-state index contributed by atoms with van der Waals surface area (Å²) < 4.78 is 0. The first kappa shape index (κ1) is 14.4. The van der Waals surface area contributed by atoms with Gasteiger partial charge in [-0.1, -0.05) is 33.1 Å². The lowest BCUT2D eigenvalue weighted by Gasteiger charge is -2.27. The van der Waals surface area contributed by atoms with E-state index in [0.717, 1.165) is 30.3 Å². The SMILES string of the molecule is CCC(N)Cc1ccnc(C2CCCC(CC)C2)n1. The van der Waals surface area contributed by atoms with Gasteiger partial charge >= 0.3 is 0 Å². The Hall–Kier alpha value is -0.960. The molecule has 0 saturated heterocycles. The first-order chi connectivity index (χ1) is 9.22. The number of nitrogens with zero attached hydrogens (tertiary/aromatic N) is 2. The summed E-state index contributed by atoms with van der Waals surface area (Å²) >= 11 is 0. The van der Waals surface area contributed by atoms with Gasteiger partial charge in [-0.2, -0.15) is 0 Å². The summed E-state index contributed by atoms with van der Waals surface area (Å²) in [6.45, 7) is 4.42. The molecule has 2 rings (SSSR count).